The monoisotopic (exact) mass is 289 g/mol. The normalized spacial score (nSPS) is 25.7. The van der Waals surface area contributed by atoms with Gasteiger partial charge in [-0.25, -0.2) is 0 Å². The lowest BCUT2D eigenvalue weighted by Gasteiger charge is -2.34. The molecule has 3 rings (SSSR count). The Hall–Kier alpha value is -1.39. The highest BCUT2D eigenvalue weighted by atomic mass is 16.5. The molecule has 2 aliphatic heterocycles. The molecule has 1 fully saturated rings. The zero-order valence-corrected chi connectivity index (χ0v) is 12.3. The van der Waals surface area contributed by atoms with Gasteiger partial charge in [-0.05, 0) is 49.8 Å². The number of carboxylic acid groups (broad SMARTS) is 1. The quantitative estimate of drug-likeness (QED) is 0.905. The largest absolute Gasteiger partial charge is 0.480 e. The van der Waals surface area contributed by atoms with Crippen molar-refractivity contribution in [3.8, 4) is 0 Å². The van der Waals surface area contributed by atoms with Crippen LogP contribution in [-0.4, -0.2) is 41.8 Å². The summed E-state index contributed by atoms with van der Waals surface area (Å²) in [6, 6.07) is 7.45. The number of hydrogen-bond acceptors (Lipinski definition) is 3. The molecule has 0 spiro atoms. The van der Waals surface area contributed by atoms with Crippen molar-refractivity contribution in [2.45, 2.75) is 44.2 Å². The molecule has 2 unspecified atom stereocenters. The van der Waals surface area contributed by atoms with E-state index in [1.807, 2.05) is 18.2 Å². The summed E-state index contributed by atoms with van der Waals surface area (Å²) >= 11 is 0. The van der Waals surface area contributed by atoms with E-state index in [1.54, 1.807) is 0 Å². The molecule has 1 saturated heterocycles. The highest BCUT2D eigenvalue weighted by Crippen LogP contribution is 2.30. The fourth-order valence-corrected chi connectivity index (χ4v) is 3.54. The van der Waals surface area contributed by atoms with Gasteiger partial charge in [-0.2, -0.15) is 0 Å². The highest BCUT2D eigenvalue weighted by molar-refractivity contribution is 5.76. The molecule has 2 heterocycles. The van der Waals surface area contributed by atoms with Gasteiger partial charge in [0.05, 0.1) is 6.10 Å². The highest BCUT2D eigenvalue weighted by Gasteiger charge is 2.32. The second kappa shape index (κ2) is 6.58. The summed E-state index contributed by atoms with van der Waals surface area (Å²) in [5, 5.41) is 9.60. The smallest absolute Gasteiger partial charge is 0.325 e. The molecule has 0 aliphatic carbocycles. The second-order valence-corrected chi connectivity index (χ2v) is 6.00. The molecule has 4 nitrogen and oxygen atoms in total. The number of rotatable bonds is 5. The van der Waals surface area contributed by atoms with Gasteiger partial charge in [0.1, 0.15) is 6.04 Å². The lowest BCUT2D eigenvalue weighted by Crippen LogP contribution is -2.40. The van der Waals surface area contributed by atoms with Crippen LogP contribution in [0.15, 0.2) is 24.3 Å². The van der Waals surface area contributed by atoms with E-state index in [9.17, 15) is 9.90 Å². The Morgan fingerprint density at radius 1 is 1.38 bits per heavy atom. The van der Waals surface area contributed by atoms with Crippen LogP contribution >= 0.6 is 0 Å². The van der Waals surface area contributed by atoms with Crippen LogP contribution in [0.3, 0.4) is 0 Å². The van der Waals surface area contributed by atoms with Gasteiger partial charge in [0.2, 0.25) is 0 Å². The Balaban J connectivity index is 1.63. The first kappa shape index (κ1) is 14.5. The van der Waals surface area contributed by atoms with Crippen molar-refractivity contribution in [3.05, 3.63) is 35.4 Å². The van der Waals surface area contributed by atoms with Crippen LogP contribution in [0.4, 0.5) is 0 Å². The first-order valence-corrected chi connectivity index (χ1v) is 7.92. The van der Waals surface area contributed by atoms with Crippen LogP contribution in [0.1, 0.15) is 42.9 Å². The third kappa shape index (κ3) is 3.27. The summed E-state index contributed by atoms with van der Waals surface area (Å²) in [7, 11) is 0. The summed E-state index contributed by atoms with van der Waals surface area (Å²) in [5.41, 5.74) is 2.15. The summed E-state index contributed by atoms with van der Waals surface area (Å²) in [6.07, 6.45) is 5.72. The van der Waals surface area contributed by atoms with Crippen LogP contribution in [-0.2, 0) is 16.0 Å². The molecule has 2 aliphatic rings. The Morgan fingerprint density at radius 3 is 3.00 bits per heavy atom. The van der Waals surface area contributed by atoms with Gasteiger partial charge in [-0.3, -0.25) is 9.69 Å². The standard InChI is InChI=1S/C17H23NO3/c19-17(20)16-15-8-2-1-5-13(15)9-11-18(16)10-3-6-14-7-4-12-21-14/h1-2,5,8,14,16H,3-4,6-7,9-12H2,(H,19,20). The van der Waals surface area contributed by atoms with E-state index in [-0.39, 0.29) is 0 Å². The van der Waals surface area contributed by atoms with Gasteiger partial charge < -0.3 is 9.84 Å². The fraction of sp³-hybridized carbons (Fsp3) is 0.588. The Kier molecular flexibility index (Phi) is 4.56. The number of aliphatic carboxylic acids is 1. The van der Waals surface area contributed by atoms with Gasteiger partial charge in [-0.1, -0.05) is 24.3 Å². The third-order valence-corrected chi connectivity index (χ3v) is 4.61. The van der Waals surface area contributed by atoms with Crippen LogP contribution in [0.5, 0.6) is 0 Å². The lowest BCUT2D eigenvalue weighted by atomic mass is 9.92. The first-order valence-electron chi connectivity index (χ1n) is 7.92. The summed E-state index contributed by atoms with van der Waals surface area (Å²) in [6.45, 7) is 2.56. The van der Waals surface area contributed by atoms with E-state index >= 15 is 0 Å². The number of ether oxygens (including phenoxy) is 1. The van der Waals surface area contributed by atoms with Gasteiger partial charge in [0, 0.05) is 13.2 Å². The zero-order valence-electron chi connectivity index (χ0n) is 12.3. The minimum absolute atomic E-state index is 0.394. The molecule has 0 saturated carbocycles. The van der Waals surface area contributed by atoms with Crippen molar-refractivity contribution in [1.29, 1.82) is 0 Å². The predicted octanol–water partition coefficient (Wildman–Crippen LogP) is 2.63. The predicted molar refractivity (Wildman–Crippen MR) is 80.3 cm³/mol. The van der Waals surface area contributed by atoms with Gasteiger partial charge in [0.25, 0.3) is 0 Å². The average molecular weight is 289 g/mol. The molecule has 0 bridgehead atoms. The zero-order chi connectivity index (χ0) is 14.7. The topological polar surface area (TPSA) is 49.8 Å². The maximum Gasteiger partial charge on any atom is 0.325 e. The van der Waals surface area contributed by atoms with Crippen molar-refractivity contribution in [3.63, 3.8) is 0 Å². The molecule has 1 N–H and O–H groups in total. The third-order valence-electron chi connectivity index (χ3n) is 4.61. The van der Waals surface area contributed by atoms with E-state index in [4.69, 9.17) is 4.74 Å². The van der Waals surface area contributed by atoms with Crippen molar-refractivity contribution < 1.29 is 14.6 Å². The Labute approximate surface area is 125 Å². The van der Waals surface area contributed by atoms with Crippen molar-refractivity contribution in [2.75, 3.05) is 19.7 Å². The molecule has 2 atom stereocenters. The maximum absolute atomic E-state index is 11.7. The number of fused-ring (bicyclic) bond motifs is 1. The molecule has 21 heavy (non-hydrogen) atoms. The van der Waals surface area contributed by atoms with Crippen LogP contribution in [0.25, 0.3) is 0 Å². The molecule has 0 aromatic heterocycles. The second-order valence-electron chi connectivity index (χ2n) is 6.00. The number of carbonyl (C=O) groups is 1. The summed E-state index contributed by atoms with van der Waals surface area (Å²) < 4.78 is 5.64. The fourth-order valence-electron chi connectivity index (χ4n) is 3.54. The molecule has 1 aromatic rings. The molecule has 4 heteroatoms. The van der Waals surface area contributed by atoms with E-state index in [2.05, 4.69) is 11.0 Å². The van der Waals surface area contributed by atoms with Gasteiger partial charge in [-0.15, -0.1) is 0 Å². The Bertz CT molecular complexity index is 497. The summed E-state index contributed by atoms with van der Waals surface area (Å²) in [5.74, 6) is -0.737. The van der Waals surface area contributed by atoms with E-state index in [0.29, 0.717) is 6.10 Å². The molecular formula is C17H23NO3. The van der Waals surface area contributed by atoms with E-state index in [0.717, 1.165) is 50.9 Å². The molecular weight excluding hydrogens is 266 g/mol. The van der Waals surface area contributed by atoms with E-state index < -0.39 is 12.0 Å². The first-order chi connectivity index (χ1) is 10.3. The van der Waals surface area contributed by atoms with Crippen molar-refractivity contribution >= 4 is 5.97 Å². The molecule has 1 aromatic carbocycles. The maximum atomic E-state index is 11.7. The van der Waals surface area contributed by atoms with Gasteiger partial charge in [0.15, 0.2) is 0 Å². The number of nitrogens with zero attached hydrogens (tertiary/aromatic N) is 1. The van der Waals surface area contributed by atoms with E-state index in [1.165, 1.54) is 12.0 Å². The SMILES string of the molecule is O=C(O)C1c2ccccc2CCN1CCCC1CCCO1. The van der Waals surface area contributed by atoms with Crippen molar-refractivity contribution in [1.82, 2.24) is 4.90 Å². The van der Waals surface area contributed by atoms with Gasteiger partial charge >= 0.3 is 5.97 Å². The average Bonchev–Trinajstić information content (AvgIpc) is 3.00. The summed E-state index contributed by atoms with van der Waals surface area (Å²) in [4.78, 5) is 13.8. The molecule has 114 valence electrons. The van der Waals surface area contributed by atoms with Crippen LogP contribution in [0.2, 0.25) is 0 Å². The lowest BCUT2D eigenvalue weighted by molar-refractivity contribution is -0.144. The minimum Gasteiger partial charge on any atom is -0.480 e. The van der Waals surface area contributed by atoms with Crippen LogP contribution < -0.4 is 0 Å². The molecule has 0 radical (unpaired) electrons. The van der Waals surface area contributed by atoms with Crippen LogP contribution in [0, 0.1) is 0 Å². The molecule has 0 amide bonds. The number of benzene rings is 1. The Morgan fingerprint density at radius 2 is 2.24 bits per heavy atom. The number of hydrogen-bond donors (Lipinski definition) is 1. The number of carboxylic acids is 1. The van der Waals surface area contributed by atoms with Crippen molar-refractivity contribution in [2.24, 2.45) is 0 Å². The minimum atomic E-state index is -0.737.